The van der Waals surface area contributed by atoms with Crippen LogP contribution in [0.15, 0.2) is 53.7 Å². The molecule has 3 rings (SSSR count). The molecule has 6 nitrogen and oxygen atoms in total. The van der Waals surface area contributed by atoms with Crippen LogP contribution in [0.4, 0.5) is 13.2 Å². The molecule has 2 N–H and O–H groups in total. The van der Waals surface area contributed by atoms with E-state index in [1.54, 1.807) is 13.0 Å². The van der Waals surface area contributed by atoms with E-state index in [1.165, 1.54) is 6.07 Å². The third kappa shape index (κ3) is 5.24. The predicted octanol–water partition coefficient (Wildman–Crippen LogP) is 3.61. The highest BCUT2D eigenvalue weighted by Gasteiger charge is 2.30. The Bertz CT molecular complexity index is 980. The van der Waals surface area contributed by atoms with Crippen molar-refractivity contribution in [3.8, 4) is 0 Å². The maximum Gasteiger partial charge on any atom is 0.416 e. The van der Waals surface area contributed by atoms with Gasteiger partial charge in [0.05, 0.1) is 11.6 Å². The molecule has 29 heavy (non-hydrogen) atoms. The van der Waals surface area contributed by atoms with Crippen LogP contribution in [-0.2, 0) is 12.6 Å². The molecule has 0 fully saturated rings. The minimum absolute atomic E-state index is 0.343. The van der Waals surface area contributed by atoms with Crippen LogP contribution >= 0.6 is 0 Å². The van der Waals surface area contributed by atoms with Gasteiger partial charge in [-0.25, -0.2) is 0 Å². The summed E-state index contributed by atoms with van der Waals surface area (Å²) in [4.78, 5) is 4.52. The van der Waals surface area contributed by atoms with Crippen molar-refractivity contribution in [3.05, 3.63) is 65.6 Å². The summed E-state index contributed by atoms with van der Waals surface area (Å²) in [6.07, 6.45) is -1.89. The van der Waals surface area contributed by atoms with Crippen LogP contribution in [0.1, 0.15) is 36.8 Å². The summed E-state index contributed by atoms with van der Waals surface area (Å²) in [5, 5.41) is 14.6. The van der Waals surface area contributed by atoms with Gasteiger partial charge in [0.25, 0.3) is 0 Å². The number of hydrogen-bond donors (Lipinski definition) is 2. The van der Waals surface area contributed by atoms with Crippen molar-refractivity contribution in [3.63, 3.8) is 0 Å². The quantitative estimate of drug-likeness (QED) is 0.487. The summed E-state index contributed by atoms with van der Waals surface area (Å²) in [6.45, 7) is 4.82. The number of halogens is 3. The molecule has 2 aromatic heterocycles. The van der Waals surface area contributed by atoms with Gasteiger partial charge < -0.3 is 10.6 Å². The first-order valence-electron chi connectivity index (χ1n) is 9.39. The van der Waals surface area contributed by atoms with Crippen molar-refractivity contribution >= 4 is 11.6 Å². The van der Waals surface area contributed by atoms with E-state index in [2.05, 4.69) is 25.8 Å². The largest absolute Gasteiger partial charge is 0.416 e. The van der Waals surface area contributed by atoms with Crippen molar-refractivity contribution in [2.24, 2.45) is 4.99 Å². The summed E-state index contributed by atoms with van der Waals surface area (Å²) in [5.74, 6) is 1.33. The first-order valence-corrected chi connectivity index (χ1v) is 9.39. The van der Waals surface area contributed by atoms with Crippen molar-refractivity contribution in [2.75, 3.05) is 13.1 Å². The smallest absolute Gasteiger partial charge is 0.357 e. The second-order valence-corrected chi connectivity index (χ2v) is 6.54. The fourth-order valence-corrected chi connectivity index (χ4v) is 2.92. The molecule has 154 valence electrons. The second-order valence-electron chi connectivity index (χ2n) is 6.54. The van der Waals surface area contributed by atoms with Crippen LogP contribution < -0.4 is 10.6 Å². The van der Waals surface area contributed by atoms with Crippen LogP contribution in [0.3, 0.4) is 0 Å². The minimum Gasteiger partial charge on any atom is -0.357 e. The second kappa shape index (κ2) is 8.93. The molecule has 0 aliphatic heterocycles. The lowest BCUT2D eigenvalue weighted by Gasteiger charge is -2.19. The number of aliphatic imine (C=N–C) groups is 1. The summed E-state index contributed by atoms with van der Waals surface area (Å²) in [7, 11) is 0. The lowest BCUT2D eigenvalue weighted by Crippen LogP contribution is -2.39. The maximum atomic E-state index is 13.0. The molecule has 3 aromatic rings. The molecule has 0 bridgehead atoms. The Labute approximate surface area is 166 Å². The molecule has 9 heteroatoms. The van der Waals surface area contributed by atoms with Gasteiger partial charge in [0.1, 0.15) is 5.82 Å². The summed E-state index contributed by atoms with van der Waals surface area (Å²) in [5.41, 5.74) is 0.646. The number of rotatable bonds is 6. The third-order valence-electron chi connectivity index (χ3n) is 4.40. The number of benzene rings is 1. The fraction of sp³-hybridized carbons (Fsp3) is 0.350. The average molecular weight is 404 g/mol. The molecule has 0 aliphatic rings. The Morgan fingerprint density at radius 2 is 2.00 bits per heavy atom. The van der Waals surface area contributed by atoms with Gasteiger partial charge in [-0.15, -0.1) is 10.2 Å². The lowest BCUT2D eigenvalue weighted by molar-refractivity contribution is -0.137. The molecule has 1 atom stereocenters. The van der Waals surface area contributed by atoms with Gasteiger partial charge in [-0.05, 0) is 43.7 Å². The highest BCUT2D eigenvalue weighted by atomic mass is 19.4. The van der Waals surface area contributed by atoms with Gasteiger partial charge >= 0.3 is 6.18 Å². The zero-order valence-electron chi connectivity index (χ0n) is 16.2. The third-order valence-corrected chi connectivity index (χ3v) is 4.40. The molecule has 0 spiro atoms. The summed E-state index contributed by atoms with van der Waals surface area (Å²) >= 11 is 0. The lowest BCUT2D eigenvalue weighted by atomic mass is 10.1. The van der Waals surface area contributed by atoms with Gasteiger partial charge in [0.2, 0.25) is 0 Å². The monoisotopic (exact) mass is 404 g/mol. The number of guanidine groups is 1. The van der Waals surface area contributed by atoms with E-state index in [1.807, 2.05) is 35.7 Å². The molecule has 1 unspecified atom stereocenters. The molecular weight excluding hydrogens is 381 g/mol. The number of pyridine rings is 1. The highest BCUT2D eigenvalue weighted by molar-refractivity contribution is 5.80. The molecular formula is C20H23F3N6. The van der Waals surface area contributed by atoms with Crippen LogP contribution in [0.25, 0.3) is 5.65 Å². The highest BCUT2D eigenvalue weighted by Crippen LogP contribution is 2.30. The molecule has 1 aromatic carbocycles. The van der Waals surface area contributed by atoms with Gasteiger partial charge in [-0.3, -0.25) is 9.39 Å². The van der Waals surface area contributed by atoms with Crippen molar-refractivity contribution < 1.29 is 13.2 Å². The summed E-state index contributed by atoms with van der Waals surface area (Å²) in [6, 6.07) is 10.6. The SMILES string of the molecule is CCNC(=NCCc1nnc2ccccn12)NC(C)c1cccc(C(F)(F)F)c1. The first kappa shape index (κ1) is 20.6. The fourth-order valence-electron chi connectivity index (χ4n) is 2.92. The van der Waals surface area contributed by atoms with Crippen molar-refractivity contribution in [1.29, 1.82) is 0 Å². The Morgan fingerprint density at radius 1 is 1.17 bits per heavy atom. The Kier molecular flexibility index (Phi) is 6.36. The first-order chi connectivity index (χ1) is 13.9. The molecule has 0 radical (unpaired) electrons. The molecule has 0 aliphatic carbocycles. The van der Waals surface area contributed by atoms with E-state index in [9.17, 15) is 13.2 Å². The topological polar surface area (TPSA) is 66.6 Å². The Hall–Kier alpha value is -3.10. The van der Waals surface area contributed by atoms with Gasteiger partial charge in [-0.1, -0.05) is 18.2 Å². The van der Waals surface area contributed by atoms with Crippen LogP contribution in [0.2, 0.25) is 0 Å². The number of fused-ring (bicyclic) bond motifs is 1. The molecule has 0 saturated heterocycles. The number of hydrogen-bond acceptors (Lipinski definition) is 3. The number of aromatic nitrogens is 3. The van der Waals surface area contributed by atoms with Gasteiger partial charge in [0, 0.05) is 25.7 Å². The number of nitrogens with one attached hydrogen (secondary N) is 2. The standard InChI is InChI=1S/C20H23F3N6/c1-3-24-19(25-11-10-18-28-27-17-9-4-5-12-29(17)18)26-14(2)15-7-6-8-16(13-15)20(21,22)23/h4-9,12-14H,3,10-11H2,1-2H3,(H2,24,25,26). The minimum atomic E-state index is -4.37. The van der Waals surface area contributed by atoms with E-state index < -0.39 is 11.7 Å². The van der Waals surface area contributed by atoms with E-state index in [0.717, 1.165) is 23.6 Å². The van der Waals surface area contributed by atoms with Crippen LogP contribution in [0, 0.1) is 0 Å². The van der Waals surface area contributed by atoms with E-state index in [4.69, 9.17) is 0 Å². The molecule has 2 heterocycles. The van der Waals surface area contributed by atoms with E-state index in [-0.39, 0.29) is 6.04 Å². The average Bonchev–Trinajstić information content (AvgIpc) is 3.11. The predicted molar refractivity (Wildman–Crippen MR) is 106 cm³/mol. The van der Waals surface area contributed by atoms with E-state index in [0.29, 0.717) is 31.0 Å². The summed E-state index contributed by atoms with van der Waals surface area (Å²) < 4.78 is 40.8. The zero-order valence-corrected chi connectivity index (χ0v) is 16.2. The maximum absolute atomic E-state index is 13.0. The normalized spacial score (nSPS) is 13.5. The van der Waals surface area contributed by atoms with Crippen LogP contribution in [-0.4, -0.2) is 33.6 Å². The van der Waals surface area contributed by atoms with Gasteiger partial charge in [0.15, 0.2) is 11.6 Å². The number of nitrogens with zero attached hydrogens (tertiary/aromatic N) is 4. The van der Waals surface area contributed by atoms with Gasteiger partial charge in [-0.2, -0.15) is 13.2 Å². The molecule has 0 amide bonds. The zero-order chi connectivity index (χ0) is 20.9. The van der Waals surface area contributed by atoms with Crippen molar-refractivity contribution in [1.82, 2.24) is 25.2 Å². The van der Waals surface area contributed by atoms with Crippen molar-refractivity contribution in [2.45, 2.75) is 32.5 Å². The Balaban J connectivity index is 1.67. The van der Waals surface area contributed by atoms with Crippen LogP contribution in [0.5, 0.6) is 0 Å². The Morgan fingerprint density at radius 3 is 2.76 bits per heavy atom. The number of alkyl halides is 3. The molecule has 0 saturated carbocycles. The van der Waals surface area contributed by atoms with E-state index >= 15 is 0 Å².